The first kappa shape index (κ1) is 26.4. The summed E-state index contributed by atoms with van der Waals surface area (Å²) >= 11 is 0. The van der Waals surface area contributed by atoms with E-state index in [-0.39, 0.29) is 30.6 Å². The van der Waals surface area contributed by atoms with Crippen molar-refractivity contribution in [2.75, 3.05) is 33.6 Å². The number of H-pyrrole nitrogens is 1. The molecular formula is C25H30ClN3O6S. The number of carbonyl (C=O) groups is 1. The minimum atomic E-state index is -3.71. The number of methoxy groups -OCH3 is 2. The van der Waals surface area contributed by atoms with Crippen molar-refractivity contribution in [2.45, 2.75) is 31.7 Å². The number of hydrogen-bond donors (Lipinski definition) is 2. The van der Waals surface area contributed by atoms with Crippen LogP contribution >= 0.6 is 12.4 Å². The second-order valence-electron chi connectivity index (χ2n) is 9.13. The van der Waals surface area contributed by atoms with Gasteiger partial charge < -0.3 is 24.0 Å². The molecule has 1 fully saturated rings. The number of halogens is 1. The zero-order chi connectivity index (χ0) is 24.8. The van der Waals surface area contributed by atoms with Gasteiger partial charge in [0.15, 0.2) is 5.79 Å². The van der Waals surface area contributed by atoms with Gasteiger partial charge in [0.2, 0.25) is 0 Å². The molecule has 0 spiro atoms. The lowest BCUT2D eigenvalue weighted by Crippen LogP contribution is -2.46. The number of likely N-dealkylation sites (tertiary alicyclic amines) is 1. The molecule has 194 valence electrons. The fraction of sp³-hybridized carbons (Fsp3) is 0.400. The van der Waals surface area contributed by atoms with E-state index in [2.05, 4.69) is 27.3 Å². The van der Waals surface area contributed by atoms with E-state index in [4.69, 9.17) is 13.7 Å². The second kappa shape index (κ2) is 10.0. The summed E-state index contributed by atoms with van der Waals surface area (Å²) in [6.45, 7) is 2.83. The fourth-order valence-corrected chi connectivity index (χ4v) is 5.50. The first-order valence-electron chi connectivity index (χ1n) is 11.5. The molecular weight excluding hydrogens is 506 g/mol. The van der Waals surface area contributed by atoms with E-state index < -0.39 is 15.9 Å². The van der Waals surface area contributed by atoms with E-state index >= 15 is 0 Å². The number of fused-ring (bicyclic) bond motifs is 2. The maximum Gasteiger partial charge on any atom is 0.306 e. The van der Waals surface area contributed by atoms with E-state index in [0.29, 0.717) is 16.7 Å². The van der Waals surface area contributed by atoms with E-state index in [9.17, 15) is 13.2 Å². The van der Waals surface area contributed by atoms with Crippen molar-refractivity contribution in [1.29, 1.82) is 0 Å². The molecule has 5 rings (SSSR count). The van der Waals surface area contributed by atoms with Crippen molar-refractivity contribution in [1.82, 2.24) is 15.2 Å². The molecule has 11 heteroatoms. The average molecular weight is 536 g/mol. The highest BCUT2D eigenvalue weighted by atomic mass is 35.5. The third-order valence-electron chi connectivity index (χ3n) is 6.91. The van der Waals surface area contributed by atoms with Gasteiger partial charge in [0.05, 0.1) is 11.8 Å². The molecule has 2 N–H and O–H groups in total. The SMILES string of the molecule is COC1(OC)CCN(Cc2ccc3[nH]c(-c4ccc(OS(C)(=O)=O)c5c4C(=O)NC5)cc3c2)CC1.Cl. The third-order valence-corrected chi connectivity index (χ3v) is 7.39. The van der Waals surface area contributed by atoms with E-state index in [0.717, 1.165) is 55.3 Å². The third kappa shape index (κ3) is 5.09. The molecule has 0 saturated carbocycles. The maximum absolute atomic E-state index is 12.6. The molecule has 2 aromatic carbocycles. The van der Waals surface area contributed by atoms with Crippen LogP contribution in [0.15, 0.2) is 36.4 Å². The standard InChI is InChI=1S/C25H29N3O6S.ClH/c1-32-25(33-2)8-10-28(11-9-25)15-16-4-6-20-17(12-16)13-21(27-20)18-5-7-22(34-35(3,30)31)19-14-26-24(29)23(18)19;/h4-7,12-13,27H,8-11,14-15H2,1-3H3,(H,26,29);1H. The van der Waals surface area contributed by atoms with Gasteiger partial charge in [-0.2, -0.15) is 8.42 Å². The summed E-state index contributed by atoms with van der Waals surface area (Å²) in [6.07, 6.45) is 2.63. The fourth-order valence-electron chi connectivity index (χ4n) is 5.01. The molecule has 0 bridgehead atoms. The zero-order valence-electron chi connectivity index (χ0n) is 20.4. The van der Waals surface area contributed by atoms with Crippen molar-refractivity contribution in [3.63, 3.8) is 0 Å². The Kier molecular flexibility index (Phi) is 7.36. The predicted octanol–water partition coefficient (Wildman–Crippen LogP) is 3.42. The number of nitrogens with one attached hydrogen (secondary N) is 2. The highest BCUT2D eigenvalue weighted by Crippen LogP contribution is 2.36. The van der Waals surface area contributed by atoms with E-state index in [1.54, 1.807) is 26.4 Å². The number of ether oxygens (including phenoxy) is 2. The van der Waals surface area contributed by atoms with Crippen LogP contribution in [-0.4, -0.2) is 63.6 Å². The lowest BCUT2D eigenvalue weighted by molar-refractivity contribution is -0.229. The van der Waals surface area contributed by atoms with Crippen LogP contribution in [0, 0.1) is 0 Å². The number of aromatic amines is 1. The minimum absolute atomic E-state index is 0. The summed E-state index contributed by atoms with van der Waals surface area (Å²) in [4.78, 5) is 18.4. The molecule has 0 atom stereocenters. The van der Waals surface area contributed by atoms with Crippen molar-refractivity contribution in [2.24, 2.45) is 0 Å². The molecule has 1 saturated heterocycles. The largest absolute Gasteiger partial charge is 0.382 e. The van der Waals surface area contributed by atoms with Gasteiger partial charge in [-0.15, -0.1) is 12.4 Å². The molecule has 0 aliphatic carbocycles. The Hall–Kier alpha value is -2.63. The lowest BCUT2D eigenvalue weighted by Gasteiger charge is -2.39. The van der Waals surface area contributed by atoms with Gasteiger partial charge in [0, 0.05) is 81.0 Å². The topological polar surface area (TPSA) is 110 Å². The molecule has 1 aromatic heterocycles. The highest BCUT2D eigenvalue weighted by molar-refractivity contribution is 7.86. The van der Waals surface area contributed by atoms with E-state index in [1.165, 1.54) is 5.56 Å². The van der Waals surface area contributed by atoms with Crippen LogP contribution in [0.1, 0.15) is 34.3 Å². The Labute approximate surface area is 216 Å². The predicted molar refractivity (Wildman–Crippen MR) is 139 cm³/mol. The summed E-state index contributed by atoms with van der Waals surface area (Å²) in [5.74, 6) is -0.554. The summed E-state index contributed by atoms with van der Waals surface area (Å²) in [5.41, 5.74) is 4.64. The Morgan fingerprint density at radius 3 is 2.44 bits per heavy atom. The summed E-state index contributed by atoms with van der Waals surface area (Å²) < 4.78 is 39.6. The molecule has 0 radical (unpaired) electrons. The van der Waals surface area contributed by atoms with Crippen LogP contribution in [-0.2, 0) is 32.7 Å². The second-order valence-corrected chi connectivity index (χ2v) is 10.7. The van der Waals surface area contributed by atoms with Crippen molar-refractivity contribution in [3.8, 4) is 17.0 Å². The number of piperidine rings is 1. The van der Waals surface area contributed by atoms with Crippen LogP contribution in [0.25, 0.3) is 22.2 Å². The smallest absolute Gasteiger partial charge is 0.306 e. The van der Waals surface area contributed by atoms with Crippen molar-refractivity contribution in [3.05, 3.63) is 53.1 Å². The Balaban J connectivity index is 0.00000304. The van der Waals surface area contributed by atoms with Crippen molar-refractivity contribution < 1.29 is 26.9 Å². The van der Waals surface area contributed by atoms with Crippen LogP contribution in [0.5, 0.6) is 5.75 Å². The van der Waals surface area contributed by atoms with Gasteiger partial charge in [-0.3, -0.25) is 9.69 Å². The monoisotopic (exact) mass is 535 g/mol. The molecule has 9 nitrogen and oxygen atoms in total. The Bertz CT molecular complexity index is 1390. The number of benzene rings is 2. The maximum atomic E-state index is 12.6. The summed E-state index contributed by atoms with van der Waals surface area (Å²) in [6, 6.07) is 11.7. The minimum Gasteiger partial charge on any atom is -0.382 e. The highest BCUT2D eigenvalue weighted by Gasteiger charge is 2.34. The number of amides is 1. The quantitative estimate of drug-likeness (QED) is 0.352. The molecule has 36 heavy (non-hydrogen) atoms. The Morgan fingerprint density at radius 1 is 1.06 bits per heavy atom. The van der Waals surface area contributed by atoms with E-state index in [1.807, 2.05) is 12.1 Å². The summed E-state index contributed by atoms with van der Waals surface area (Å²) in [5, 5.41) is 3.82. The number of nitrogens with zero attached hydrogens (tertiary/aromatic N) is 1. The Morgan fingerprint density at radius 2 is 1.78 bits per heavy atom. The molecule has 1 amide bonds. The molecule has 3 heterocycles. The van der Waals surface area contributed by atoms with Crippen LogP contribution < -0.4 is 9.50 Å². The molecule has 2 aliphatic heterocycles. The molecule has 0 unspecified atom stereocenters. The van der Waals surface area contributed by atoms with Gasteiger partial charge >= 0.3 is 10.1 Å². The first-order valence-corrected chi connectivity index (χ1v) is 13.3. The lowest BCUT2D eigenvalue weighted by atomic mass is 9.99. The molecule has 3 aromatic rings. The van der Waals surface area contributed by atoms with Gasteiger partial charge in [-0.05, 0) is 35.9 Å². The van der Waals surface area contributed by atoms with Crippen LogP contribution in [0.2, 0.25) is 0 Å². The van der Waals surface area contributed by atoms with Gasteiger partial charge in [-0.1, -0.05) is 6.07 Å². The zero-order valence-corrected chi connectivity index (χ0v) is 22.1. The number of aromatic nitrogens is 1. The summed E-state index contributed by atoms with van der Waals surface area (Å²) in [7, 11) is -0.313. The van der Waals surface area contributed by atoms with Gasteiger partial charge in [0.25, 0.3) is 5.91 Å². The number of rotatable bonds is 7. The number of carbonyl (C=O) groups excluding carboxylic acids is 1. The first-order chi connectivity index (χ1) is 16.7. The van der Waals surface area contributed by atoms with Gasteiger partial charge in [0.1, 0.15) is 5.75 Å². The van der Waals surface area contributed by atoms with Crippen LogP contribution in [0.4, 0.5) is 0 Å². The van der Waals surface area contributed by atoms with Crippen molar-refractivity contribution >= 4 is 39.3 Å². The number of hydrogen-bond acceptors (Lipinski definition) is 7. The molecule has 2 aliphatic rings. The average Bonchev–Trinajstić information content (AvgIpc) is 3.43. The van der Waals surface area contributed by atoms with Gasteiger partial charge in [-0.25, -0.2) is 0 Å². The van der Waals surface area contributed by atoms with Crippen LogP contribution in [0.3, 0.4) is 0 Å². The normalized spacial score (nSPS) is 17.5.